The highest BCUT2D eigenvalue weighted by atomic mass is 19.3. The van der Waals surface area contributed by atoms with Gasteiger partial charge in [-0.15, -0.1) is 0 Å². The van der Waals surface area contributed by atoms with Crippen LogP contribution in [0, 0.1) is 0 Å². The first-order valence-corrected chi connectivity index (χ1v) is 5.95. The lowest BCUT2D eigenvalue weighted by molar-refractivity contribution is -0.143. The molecule has 7 nitrogen and oxygen atoms in total. The molecule has 0 aromatic heterocycles. The number of nitrogens with one attached hydrogen (secondary N) is 1. The van der Waals surface area contributed by atoms with Gasteiger partial charge in [0.1, 0.15) is 11.8 Å². The third kappa shape index (κ3) is 5.64. The molecule has 0 spiro atoms. The van der Waals surface area contributed by atoms with E-state index in [9.17, 15) is 13.6 Å². The van der Waals surface area contributed by atoms with Crippen LogP contribution in [0.5, 0.6) is 5.75 Å². The van der Waals surface area contributed by atoms with Gasteiger partial charge in [0, 0.05) is 18.0 Å². The Hall–Kier alpha value is -2.38. The van der Waals surface area contributed by atoms with Crippen molar-refractivity contribution in [3.8, 4) is 5.75 Å². The minimum Gasteiger partial charge on any atom is -0.468 e. The first-order chi connectivity index (χ1) is 10.1. The number of ether oxygens (including phenoxy) is 2. The summed E-state index contributed by atoms with van der Waals surface area (Å²) in [4.78, 5) is 14.3. The smallest absolute Gasteiger partial charge is 0.387 e. The Labute approximate surface area is 119 Å². The summed E-state index contributed by atoms with van der Waals surface area (Å²) >= 11 is 0. The van der Waals surface area contributed by atoms with E-state index < -0.39 is 18.6 Å². The average molecular weight is 300 g/mol. The Balaban J connectivity index is 2.77. The number of nitrogens with zero attached hydrogens (tertiary/aromatic N) is 3. The third-order valence-corrected chi connectivity index (χ3v) is 2.50. The molecular weight excluding hydrogens is 286 g/mol. The van der Waals surface area contributed by atoms with Gasteiger partial charge in [-0.25, -0.2) is 4.79 Å². The second-order valence-corrected chi connectivity index (χ2v) is 3.81. The number of carbonyl (C=O) groups excluding carboxylic acids is 1. The number of azide groups is 1. The van der Waals surface area contributed by atoms with Gasteiger partial charge >= 0.3 is 12.6 Å². The van der Waals surface area contributed by atoms with E-state index in [1.807, 2.05) is 0 Å². The van der Waals surface area contributed by atoms with Crippen molar-refractivity contribution in [2.24, 2.45) is 5.11 Å². The summed E-state index contributed by atoms with van der Waals surface area (Å²) in [6.07, 6.45) is 0. The molecule has 1 aromatic carbocycles. The number of methoxy groups -OCH3 is 1. The monoisotopic (exact) mass is 300 g/mol. The van der Waals surface area contributed by atoms with Crippen molar-refractivity contribution in [1.29, 1.82) is 0 Å². The first-order valence-electron chi connectivity index (χ1n) is 5.95. The second-order valence-electron chi connectivity index (χ2n) is 3.81. The molecular formula is C12H14F2N4O3. The van der Waals surface area contributed by atoms with Crippen LogP contribution in [0.3, 0.4) is 0 Å². The molecule has 0 radical (unpaired) electrons. The highest BCUT2D eigenvalue weighted by molar-refractivity contribution is 5.77. The molecule has 0 saturated carbocycles. The van der Waals surface area contributed by atoms with Gasteiger partial charge in [-0.3, -0.25) is 0 Å². The Morgan fingerprint density at radius 1 is 1.43 bits per heavy atom. The van der Waals surface area contributed by atoms with Crippen LogP contribution in [-0.2, 0) is 9.53 Å². The summed E-state index contributed by atoms with van der Waals surface area (Å²) in [5, 5.41) is 6.19. The molecule has 1 unspecified atom stereocenters. The number of hydrogen-bond acceptors (Lipinski definition) is 5. The molecule has 1 rings (SSSR count). The summed E-state index contributed by atoms with van der Waals surface area (Å²) in [6, 6.07) is 4.81. The molecule has 0 aliphatic carbocycles. The van der Waals surface area contributed by atoms with E-state index in [4.69, 9.17) is 5.53 Å². The van der Waals surface area contributed by atoms with E-state index >= 15 is 0 Å². The predicted octanol–water partition coefficient (Wildman–Crippen LogP) is 2.40. The fraction of sp³-hybridized carbons (Fsp3) is 0.417. The van der Waals surface area contributed by atoms with Crippen LogP contribution in [0.4, 0.5) is 8.78 Å². The molecule has 0 bridgehead atoms. The van der Waals surface area contributed by atoms with E-state index in [1.54, 1.807) is 0 Å². The molecule has 1 aromatic rings. The van der Waals surface area contributed by atoms with Crippen molar-refractivity contribution in [3.05, 3.63) is 40.3 Å². The molecule has 0 aliphatic rings. The van der Waals surface area contributed by atoms with Crippen LogP contribution in [0.15, 0.2) is 29.4 Å². The molecule has 0 fully saturated rings. The van der Waals surface area contributed by atoms with Crippen molar-refractivity contribution in [2.45, 2.75) is 12.7 Å². The largest absolute Gasteiger partial charge is 0.468 e. The molecule has 0 aliphatic heterocycles. The van der Waals surface area contributed by atoms with Crippen molar-refractivity contribution >= 4 is 5.97 Å². The standard InChI is InChI=1S/C12H14F2N4O3/c1-20-11(19)10(16-6-7-17-18-15)8-2-4-9(5-3-8)21-12(13)14/h2-5,10,12,16H,6-7H2,1H3. The first kappa shape index (κ1) is 16.7. The topological polar surface area (TPSA) is 96.3 Å². The highest BCUT2D eigenvalue weighted by Crippen LogP contribution is 2.20. The van der Waals surface area contributed by atoms with E-state index in [2.05, 4.69) is 24.8 Å². The summed E-state index contributed by atoms with van der Waals surface area (Å²) in [6.45, 7) is -2.48. The van der Waals surface area contributed by atoms with Gasteiger partial charge in [0.2, 0.25) is 0 Å². The van der Waals surface area contributed by atoms with Crippen molar-refractivity contribution in [1.82, 2.24) is 5.32 Å². The fourth-order valence-electron chi connectivity index (χ4n) is 1.60. The predicted molar refractivity (Wildman–Crippen MR) is 69.8 cm³/mol. The summed E-state index contributed by atoms with van der Waals surface area (Å²) in [5.74, 6) is -0.551. The Morgan fingerprint density at radius 2 is 2.10 bits per heavy atom. The lowest BCUT2D eigenvalue weighted by atomic mass is 10.1. The maximum absolute atomic E-state index is 12.1. The molecule has 0 amide bonds. The lowest BCUT2D eigenvalue weighted by Gasteiger charge is -2.16. The van der Waals surface area contributed by atoms with Crippen LogP contribution in [-0.4, -0.2) is 32.8 Å². The van der Waals surface area contributed by atoms with Crippen LogP contribution >= 0.6 is 0 Å². The molecule has 1 atom stereocenters. The van der Waals surface area contributed by atoms with Gasteiger partial charge in [-0.1, -0.05) is 17.2 Å². The molecule has 1 N–H and O–H groups in total. The summed E-state index contributed by atoms with van der Waals surface area (Å²) in [7, 11) is 1.23. The summed E-state index contributed by atoms with van der Waals surface area (Å²) in [5.41, 5.74) is 8.69. The van der Waals surface area contributed by atoms with E-state index in [0.29, 0.717) is 5.56 Å². The quantitative estimate of drug-likeness (QED) is 0.262. The molecule has 0 heterocycles. The Kier molecular flexibility index (Phi) is 6.93. The number of halogens is 2. The van der Waals surface area contributed by atoms with Gasteiger partial charge in [-0.2, -0.15) is 8.78 Å². The highest BCUT2D eigenvalue weighted by Gasteiger charge is 2.20. The maximum atomic E-state index is 12.1. The number of hydrogen-bond donors (Lipinski definition) is 1. The normalized spacial score (nSPS) is 11.6. The number of rotatable bonds is 8. The zero-order valence-electron chi connectivity index (χ0n) is 11.2. The third-order valence-electron chi connectivity index (χ3n) is 2.50. The number of esters is 1. The van der Waals surface area contributed by atoms with Gasteiger partial charge in [-0.05, 0) is 23.2 Å². The zero-order chi connectivity index (χ0) is 15.7. The average Bonchev–Trinajstić information content (AvgIpc) is 2.47. The minimum absolute atomic E-state index is 0.00792. The van der Waals surface area contributed by atoms with Crippen molar-refractivity contribution in [3.63, 3.8) is 0 Å². The van der Waals surface area contributed by atoms with Crippen molar-refractivity contribution < 1.29 is 23.0 Å². The molecule has 9 heteroatoms. The van der Waals surface area contributed by atoms with Gasteiger partial charge in [0.25, 0.3) is 0 Å². The maximum Gasteiger partial charge on any atom is 0.387 e. The number of carbonyl (C=O) groups is 1. The van der Waals surface area contributed by atoms with Crippen molar-refractivity contribution in [2.75, 3.05) is 20.2 Å². The number of benzene rings is 1. The minimum atomic E-state index is -2.91. The number of alkyl halides is 2. The Bertz CT molecular complexity index is 504. The zero-order valence-corrected chi connectivity index (χ0v) is 11.2. The Morgan fingerprint density at radius 3 is 2.62 bits per heavy atom. The molecule has 21 heavy (non-hydrogen) atoms. The van der Waals surface area contributed by atoms with Crippen LogP contribution in [0.1, 0.15) is 11.6 Å². The molecule has 0 saturated heterocycles. The summed E-state index contributed by atoms with van der Waals surface area (Å²) < 4.78 is 33.0. The van der Waals surface area contributed by atoms with E-state index in [0.717, 1.165) is 0 Å². The molecule has 114 valence electrons. The van der Waals surface area contributed by atoms with Gasteiger partial charge in [0.15, 0.2) is 0 Å². The van der Waals surface area contributed by atoms with Gasteiger partial charge < -0.3 is 14.8 Å². The van der Waals surface area contributed by atoms with Crippen LogP contribution in [0.25, 0.3) is 10.4 Å². The SMILES string of the molecule is COC(=O)C(NCCN=[N+]=[N-])c1ccc(OC(F)F)cc1. The fourth-order valence-corrected chi connectivity index (χ4v) is 1.60. The van der Waals surface area contributed by atoms with Crippen LogP contribution in [0.2, 0.25) is 0 Å². The second kappa shape index (κ2) is 8.72. The van der Waals surface area contributed by atoms with Gasteiger partial charge in [0.05, 0.1) is 7.11 Å². The van der Waals surface area contributed by atoms with Crippen LogP contribution < -0.4 is 10.1 Å². The lowest BCUT2D eigenvalue weighted by Crippen LogP contribution is -2.31. The van der Waals surface area contributed by atoms with E-state index in [-0.39, 0.29) is 18.8 Å². The van der Waals surface area contributed by atoms with E-state index in [1.165, 1.54) is 31.4 Å².